The molecule has 0 aromatic heterocycles. The molecule has 2 aromatic rings. The second-order valence-corrected chi connectivity index (χ2v) is 15.7. The van der Waals surface area contributed by atoms with Crippen LogP contribution in [0.1, 0.15) is 69.9 Å². The lowest BCUT2D eigenvalue weighted by atomic mass is 9.62. The van der Waals surface area contributed by atoms with Gasteiger partial charge in [0.1, 0.15) is 11.2 Å². The maximum atomic E-state index is 15.9. The molecule has 2 heterocycles. The first kappa shape index (κ1) is 30.4. The van der Waals surface area contributed by atoms with Crippen LogP contribution in [0.3, 0.4) is 0 Å². The van der Waals surface area contributed by atoms with Gasteiger partial charge in [0.25, 0.3) is 0 Å². The first-order valence-electron chi connectivity index (χ1n) is 13.9. The van der Waals surface area contributed by atoms with Crippen molar-refractivity contribution in [3.8, 4) is 0 Å². The molecule has 5 rings (SSSR count). The van der Waals surface area contributed by atoms with Crippen LogP contribution in [0.2, 0.25) is 10.0 Å². The number of nitrogens with one attached hydrogen (secondary N) is 3. The van der Waals surface area contributed by atoms with Gasteiger partial charge in [-0.2, -0.15) is 0 Å². The summed E-state index contributed by atoms with van der Waals surface area (Å²) in [6.45, 7) is 6.20. The molecule has 1 saturated heterocycles. The fraction of sp³-hybridized carbons (Fsp3) is 0.533. The molecular weight excluding hydrogens is 588 g/mol. The number of carbonyl (C=O) groups excluding carboxylic acids is 2. The van der Waals surface area contributed by atoms with Gasteiger partial charge in [0, 0.05) is 35.1 Å². The quantitative estimate of drug-likeness (QED) is 0.375. The second kappa shape index (κ2) is 10.9. The minimum absolute atomic E-state index is 0.0329. The summed E-state index contributed by atoms with van der Waals surface area (Å²) in [4.78, 5) is 28.4. The van der Waals surface area contributed by atoms with Gasteiger partial charge in [-0.15, -0.1) is 0 Å². The number of halogens is 3. The van der Waals surface area contributed by atoms with Crippen molar-refractivity contribution in [1.82, 2.24) is 10.0 Å². The first-order valence-corrected chi connectivity index (χ1v) is 16.6. The molecule has 222 valence electrons. The highest BCUT2D eigenvalue weighted by Gasteiger charge is 2.66. The number of amides is 1. The monoisotopic (exact) mass is 623 g/mol. The molecule has 6 atom stereocenters. The highest BCUT2D eigenvalue weighted by Crippen LogP contribution is 2.57. The van der Waals surface area contributed by atoms with Crippen LogP contribution in [0.4, 0.5) is 10.1 Å². The van der Waals surface area contributed by atoms with Crippen LogP contribution in [-0.2, 0) is 25.0 Å². The first-order chi connectivity index (χ1) is 19.1. The van der Waals surface area contributed by atoms with E-state index in [2.05, 4.69) is 36.1 Å². The van der Waals surface area contributed by atoms with Gasteiger partial charge >= 0.3 is 0 Å². The van der Waals surface area contributed by atoms with Crippen molar-refractivity contribution in [3.63, 3.8) is 0 Å². The Labute approximate surface area is 251 Å². The largest absolute Gasteiger partial charge is 0.325 e. The van der Waals surface area contributed by atoms with Crippen molar-refractivity contribution in [2.45, 2.75) is 82.3 Å². The van der Waals surface area contributed by atoms with Crippen molar-refractivity contribution in [1.29, 1.82) is 0 Å². The van der Waals surface area contributed by atoms with Gasteiger partial charge in [0.2, 0.25) is 15.9 Å². The maximum absolute atomic E-state index is 15.9. The van der Waals surface area contributed by atoms with Crippen molar-refractivity contribution in [3.05, 3.63) is 63.4 Å². The van der Waals surface area contributed by atoms with Crippen molar-refractivity contribution in [2.24, 2.45) is 11.3 Å². The second-order valence-electron chi connectivity index (χ2n) is 13.0. The Kier molecular flexibility index (Phi) is 8.09. The van der Waals surface area contributed by atoms with Crippen LogP contribution in [0.5, 0.6) is 0 Å². The molecular formula is C30H36Cl2FN3O4S. The summed E-state index contributed by atoms with van der Waals surface area (Å²) in [6, 6.07) is 8.31. The highest BCUT2D eigenvalue weighted by atomic mass is 35.5. The third-order valence-corrected chi connectivity index (χ3v) is 9.99. The topological polar surface area (TPSA) is 104 Å². The Bertz CT molecular complexity index is 1500. The van der Waals surface area contributed by atoms with Crippen molar-refractivity contribution >= 4 is 50.6 Å². The van der Waals surface area contributed by atoms with Gasteiger partial charge in [-0.3, -0.25) is 9.59 Å². The van der Waals surface area contributed by atoms with E-state index in [4.69, 9.17) is 23.2 Å². The molecule has 1 spiro atoms. The number of carbonyl (C=O) groups is 2. The number of Topliss-reactive ketones (excluding diaryl/α,β-unsaturated/α-hetero) is 1. The zero-order valence-electron chi connectivity index (χ0n) is 23.6. The Balaban J connectivity index is 1.60. The van der Waals surface area contributed by atoms with E-state index in [1.165, 1.54) is 6.07 Å². The Morgan fingerprint density at radius 3 is 2.59 bits per heavy atom. The van der Waals surface area contributed by atoms with Crippen LogP contribution in [0, 0.1) is 17.2 Å². The van der Waals surface area contributed by atoms with E-state index < -0.39 is 39.3 Å². The number of rotatable bonds is 7. The average Bonchev–Trinajstić information content (AvgIpc) is 3.49. The summed E-state index contributed by atoms with van der Waals surface area (Å²) in [5.74, 6) is -2.01. The molecule has 7 nitrogen and oxygen atoms in total. The number of hydrogen-bond donors (Lipinski definition) is 3. The number of hydrogen-bond acceptors (Lipinski definition) is 5. The number of ketones is 1. The molecule has 2 aliphatic heterocycles. The van der Waals surface area contributed by atoms with Crippen LogP contribution in [-0.4, -0.2) is 44.5 Å². The Morgan fingerprint density at radius 1 is 1.17 bits per heavy atom. The van der Waals surface area contributed by atoms with Gasteiger partial charge in [-0.1, -0.05) is 62.2 Å². The van der Waals surface area contributed by atoms with Gasteiger partial charge in [-0.25, -0.2) is 17.5 Å². The molecule has 0 bridgehead atoms. The van der Waals surface area contributed by atoms with Crippen LogP contribution < -0.4 is 15.4 Å². The minimum Gasteiger partial charge on any atom is -0.325 e. The van der Waals surface area contributed by atoms with E-state index in [0.29, 0.717) is 42.0 Å². The normalized spacial score (nSPS) is 29.6. The predicted molar refractivity (Wildman–Crippen MR) is 159 cm³/mol. The van der Waals surface area contributed by atoms with E-state index in [-0.39, 0.29) is 46.1 Å². The van der Waals surface area contributed by atoms with Gasteiger partial charge in [-0.05, 0) is 66.3 Å². The third-order valence-electron chi connectivity index (χ3n) is 8.70. The molecule has 1 saturated carbocycles. The summed E-state index contributed by atoms with van der Waals surface area (Å²) in [7, 11) is -3.36. The zero-order valence-corrected chi connectivity index (χ0v) is 25.9. The zero-order chi connectivity index (χ0) is 29.9. The van der Waals surface area contributed by atoms with E-state index in [0.717, 1.165) is 6.26 Å². The summed E-state index contributed by atoms with van der Waals surface area (Å²) in [5, 5.41) is 6.88. The molecule has 0 radical (unpaired) electrons. The molecule has 1 amide bonds. The fourth-order valence-corrected chi connectivity index (χ4v) is 8.46. The van der Waals surface area contributed by atoms with E-state index in [1.807, 2.05) is 0 Å². The lowest BCUT2D eigenvalue weighted by Crippen LogP contribution is -2.49. The Morgan fingerprint density at radius 2 is 1.90 bits per heavy atom. The lowest BCUT2D eigenvalue weighted by Gasteiger charge is -2.37. The van der Waals surface area contributed by atoms with Gasteiger partial charge in [0.05, 0.1) is 17.3 Å². The SMILES string of the molecule is CC(C)(C)C[C@H]1N[C@@H](C(=O)CC2CC[C@H](NS(C)(=O)=O)C2)[C@H](c2cccc(Cl)c2F)[C@@]12C(=O)Nc1cc(Cl)ccc12. The highest BCUT2D eigenvalue weighted by molar-refractivity contribution is 7.88. The number of sulfonamides is 1. The fourth-order valence-electron chi connectivity index (χ4n) is 7.29. The molecule has 3 N–H and O–H groups in total. The molecule has 2 fully saturated rings. The molecule has 2 aromatic carbocycles. The standard InChI is InChI=1S/C30H36Cl2FN3O4S/c1-29(2,3)15-24-30(20-11-9-17(31)14-22(20)34-28(30)38)25(19-6-5-7-21(32)26(19)33)27(35-24)23(37)13-16-8-10-18(12-16)36-41(4,39)40/h5-7,9,11,14,16,18,24-25,27,35-36H,8,10,12-13,15H2,1-4H3,(H,34,38)/t16?,18-,24+,25-,27-,30-/m0/s1. The molecule has 1 aliphatic carbocycles. The molecule has 41 heavy (non-hydrogen) atoms. The van der Waals surface area contributed by atoms with E-state index in [1.54, 1.807) is 30.3 Å². The van der Waals surface area contributed by atoms with E-state index in [9.17, 15) is 18.0 Å². The molecule has 11 heteroatoms. The number of anilines is 1. The summed E-state index contributed by atoms with van der Waals surface area (Å²) in [6.07, 6.45) is 3.73. The van der Waals surface area contributed by atoms with Gasteiger partial charge < -0.3 is 10.6 Å². The lowest BCUT2D eigenvalue weighted by molar-refractivity contribution is -0.123. The number of benzene rings is 2. The maximum Gasteiger partial charge on any atom is 0.237 e. The smallest absolute Gasteiger partial charge is 0.237 e. The summed E-state index contributed by atoms with van der Waals surface area (Å²) in [5.41, 5.74) is -0.0952. The van der Waals surface area contributed by atoms with Gasteiger partial charge in [0.15, 0.2) is 5.78 Å². The minimum atomic E-state index is -3.36. The molecule has 3 aliphatic rings. The Hall–Kier alpha value is -2.04. The average molecular weight is 625 g/mol. The molecule has 1 unspecified atom stereocenters. The third kappa shape index (κ3) is 5.80. The van der Waals surface area contributed by atoms with Crippen molar-refractivity contribution < 1.29 is 22.4 Å². The summed E-state index contributed by atoms with van der Waals surface area (Å²) >= 11 is 12.6. The van der Waals surface area contributed by atoms with Crippen LogP contribution in [0.15, 0.2) is 36.4 Å². The van der Waals surface area contributed by atoms with E-state index >= 15 is 4.39 Å². The van der Waals surface area contributed by atoms with Crippen LogP contribution >= 0.6 is 23.2 Å². The van der Waals surface area contributed by atoms with Crippen molar-refractivity contribution in [2.75, 3.05) is 11.6 Å². The summed E-state index contributed by atoms with van der Waals surface area (Å²) < 4.78 is 42.0. The predicted octanol–water partition coefficient (Wildman–Crippen LogP) is 5.56. The van der Waals surface area contributed by atoms with Crippen LogP contribution in [0.25, 0.3) is 0 Å². The number of fused-ring (bicyclic) bond motifs is 2.